The third-order valence-corrected chi connectivity index (χ3v) is 3.49. The molecule has 0 atom stereocenters. The van der Waals surface area contributed by atoms with Crippen LogP contribution in [-0.2, 0) is 12.0 Å². The molecule has 2 aromatic carbocycles. The predicted octanol–water partition coefficient (Wildman–Crippen LogP) is 4.77. The lowest BCUT2D eigenvalue weighted by Gasteiger charge is -2.19. The number of hydrogen-bond acceptors (Lipinski definition) is 2. The summed E-state index contributed by atoms with van der Waals surface area (Å²) in [5, 5.41) is 0. The summed E-state index contributed by atoms with van der Waals surface area (Å²) in [4.78, 5) is 11.2. The zero-order chi connectivity index (χ0) is 15.5. The number of carbonyl (C=O) groups is 1. The molecule has 110 valence electrons. The Morgan fingerprint density at radius 1 is 0.952 bits per heavy atom. The predicted molar refractivity (Wildman–Crippen MR) is 85.9 cm³/mol. The van der Waals surface area contributed by atoms with Gasteiger partial charge in [-0.3, -0.25) is 4.79 Å². The molecular formula is C19H22O2. The Balaban J connectivity index is 1.98. The van der Waals surface area contributed by atoms with Crippen molar-refractivity contribution in [2.45, 2.75) is 39.7 Å². The van der Waals surface area contributed by atoms with Crippen molar-refractivity contribution in [2.75, 3.05) is 0 Å². The van der Waals surface area contributed by atoms with Crippen molar-refractivity contribution in [3.05, 3.63) is 65.2 Å². The maximum atomic E-state index is 11.2. The lowest BCUT2D eigenvalue weighted by atomic mass is 9.87. The number of rotatable bonds is 4. The van der Waals surface area contributed by atoms with Gasteiger partial charge in [0.2, 0.25) is 0 Å². The molecule has 2 nitrogen and oxygen atoms in total. The largest absolute Gasteiger partial charge is 0.489 e. The van der Waals surface area contributed by atoms with Gasteiger partial charge in [0.15, 0.2) is 5.78 Å². The molecule has 2 heteroatoms. The van der Waals surface area contributed by atoms with E-state index in [0.717, 1.165) is 16.9 Å². The number of carbonyl (C=O) groups excluding carboxylic acids is 1. The highest BCUT2D eigenvalue weighted by molar-refractivity contribution is 5.93. The zero-order valence-corrected chi connectivity index (χ0v) is 13.1. The molecule has 0 bridgehead atoms. The number of benzene rings is 2. The minimum Gasteiger partial charge on any atom is -0.489 e. The van der Waals surface area contributed by atoms with Crippen LogP contribution in [0, 0.1) is 0 Å². The number of ketones is 1. The van der Waals surface area contributed by atoms with Gasteiger partial charge in [-0.25, -0.2) is 0 Å². The van der Waals surface area contributed by atoms with E-state index >= 15 is 0 Å². The first-order chi connectivity index (χ1) is 9.86. The minimum atomic E-state index is 0.0836. The van der Waals surface area contributed by atoms with Crippen LogP contribution in [0.2, 0.25) is 0 Å². The van der Waals surface area contributed by atoms with E-state index in [0.29, 0.717) is 6.61 Å². The fraction of sp³-hybridized carbons (Fsp3) is 0.316. The molecule has 0 saturated carbocycles. The van der Waals surface area contributed by atoms with Crippen LogP contribution in [0.5, 0.6) is 5.75 Å². The van der Waals surface area contributed by atoms with Gasteiger partial charge in [0, 0.05) is 5.56 Å². The monoisotopic (exact) mass is 282 g/mol. The van der Waals surface area contributed by atoms with Gasteiger partial charge in [-0.15, -0.1) is 0 Å². The first-order valence-electron chi connectivity index (χ1n) is 7.19. The average Bonchev–Trinajstić information content (AvgIpc) is 2.45. The highest BCUT2D eigenvalue weighted by atomic mass is 16.5. The minimum absolute atomic E-state index is 0.0836. The van der Waals surface area contributed by atoms with E-state index in [1.807, 2.05) is 36.4 Å². The van der Waals surface area contributed by atoms with Crippen LogP contribution in [0.1, 0.15) is 49.2 Å². The lowest BCUT2D eigenvalue weighted by Crippen LogP contribution is -2.10. The van der Waals surface area contributed by atoms with Gasteiger partial charge in [0.1, 0.15) is 12.4 Å². The standard InChI is InChI=1S/C19H22O2/c1-14(20)16-7-5-15(6-8-16)13-21-18-11-9-17(10-12-18)19(2,3)4/h5-12H,13H2,1-4H3. The van der Waals surface area contributed by atoms with Crippen LogP contribution in [-0.4, -0.2) is 5.78 Å². The van der Waals surface area contributed by atoms with E-state index in [1.165, 1.54) is 5.56 Å². The molecule has 0 fully saturated rings. The van der Waals surface area contributed by atoms with Crippen LogP contribution in [0.4, 0.5) is 0 Å². The molecule has 0 aliphatic rings. The van der Waals surface area contributed by atoms with E-state index in [9.17, 15) is 4.79 Å². The Morgan fingerprint density at radius 3 is 2.00 bits per heavy atom. The summed E-state index contributed by atoms with van der Waals surface area (Å²) in [6.07, 6.45) is 0. The smallest absolute Gasteiger partial charge is 0.159 e. The van der Waals surface area contributed by atoms with Crippen LogP contribution in [0.25, 0.3) is 0 Å². The molecule has 0 aliphatic heterocycles. The maximum Gasteiger partial charge on any atom is 0.159 e. The van der Waals surface area contributed by atoms with Gasteiger partial charge in [-0.2, -0.15) is 0 Å². The Labute approximate surface area is 126 Å². The van der Waals surface area contributed by atoms with Gasteiger partial charge < -0.3 is 4.74 Å². The second-order valence-corrected chi connectivity index (χ2v) is 6.32. The summed E-state index contributed by atoms with van der Waals surface area (Å²) >= 11 is 0. The molecule has 0 amide bonds. The highest BCUT2D eigenvalue weighted by Crippen LogP contribution is 2.24. The summed E-state index contributed by atoms with van der Waals surface area (Å²) in [7, 11) is 0. The molecule has 0 unspecified atom stereocenters. The Bertz CT molecular complexity index is 602. The van der Waals surface area contributed by atoms with Crippen molar-refractivity contribution in [1.82, 2.24) is 0 Å². The second kappa shape index (κ2) is 6.13. The molecule has 0 heterocycles. The van der Waals surface area contributed by atoms with Crippen molar-refractivity contribution >= 4 is 5.78 Å². The fourth-order valence-corrected chi connectivity index (χ4v) is 2.05. The Morgan fingerprint density at radius 2 is 1.52 bits per heavy atom. The first-order valence-corrected chi connectivity index (χ1v) is 7.19. The maximum absolute atomic E-state index is 11.2. The van der Waals surface area contributed by atoms with E-state index in [1.54, 1.807) is 6.92 Å². The van der Waals surface area contributed by atoms with E-state index in [4.69, 9.17) is 4.74 Å². The molecule has 21 heavy (non-hydrogen) atoms. The molecule has 2 aromatic rings. The van der Waals surface area contributed by atoms with Gasteiger partial charge in [0.25, 0.3) is 0 Å². The van der Waals surface area contributed by atoms with E-state index in [2.05, 4.69) is 32.9 Å². The van der Waals surface area contributed by atoms with Crippen LogP contribution in [0.15, 0.2) is 48.5 Å². The van der Waals surface area contributed by atoms with Crippen molar-refractivity contribution in [3.63, 3.8) is 0 Å². The van der Waals surface area contributed by atoms with Gasteiger partial charge in [-0.1, -0.05) is 57.2 Å². The molecule has 0 aliphatic carbocycles. The highest BCUT2D eigenvalue weighted by Gasteiger charge is 2.12. The third-order valence-electron chi connectivity index (χ3n) is 3.49. The summed E-state index contributed by atoms with van der Waals surface area (Å²) in [6.45, 7) is 8.66. The Kier molecular flexibility index (Phi) is 4.46. The second-order valence-electron chi connectivity index (χ2n) is 6.32. The van der Waals surface area contributed by atoms with Crippen molar-refractivity contribution < 1.29 is 9.53 Å². The van der Waals surface area contributed by atoms with Crippen molar-refractivity contribution in [3.8, 4) is 5.75 Å². The molecule has 0 N–H and O–H groups in total. The van der Waals surface area contributed by atoms with Crippen molar-refractivity contribution in [1.29, 1.82) is 0 Å². The topological polar surface area (TPSA) is 26.3 Å². The molecule has 0 spiro atoms. The quantitative estimate of drug-likeness (QED) is 0.755. The molecular weight excluding hydrogens is 260 g/mol. The van der Waals surface area contributed by atoms with Crippen LogP contribution < -0.4 is 4.74 Å². The van der Waals surface area contributed by atoms with Crippen LogP contribution >= 0.6 is 0 Å². The first kappa shape index (κ1) is 15.3. The molecule has 2 rings (SSSR count). The average molecular weight is 282 g/mol. The fourth-order valence-electron chi connectivity index (χ4n) is 2.05. The summed E-state index contributed by atoms with van der Waals surface area (Å²) in [5.74, 6) is 0.943. The Hall–Kier alpha value is -2.09. The molecule has 0 aromatic heterocycles. The van der Waals surface area contributed by atoms with Gasteiger partial charge >= 0.3 is 0 Å². The van der Waals surface area contributed by atoms with Crippen molar-refractivity contribution in [2.24, 2.45) is 0 Å². The number of Topliss-reactive ketones (excluding diaryl/α,β-unsaturated/α-hetero) is 1. The molecule has 0 saturated heterocycles. The summed E-state index contributed by atoms with van der Waals surface area (Å²) in [6, 6.07) is 15.8. The summed E-state index contributed by atoms with van der Waals surface area (Å²) in [5.41, 5.74) is 3.23. The van der Waals surface area contributed by atoms with E-state index in [-0.39, 0.29) is 11.2 Å². The SMILES string of the molecule is CC(=O)c1ccc(COc2ccc(C(C)(C)C)cc2)cc1. The van der Waals surface area contributed by atoms with Gasteiger partial charge in [-0.05, 0) is 35.6 Å². The zero-order valence-electron chi connectivity index (χ0n) is 13.1. The number of hydrogen-bond donors (Lipinski definition) is 0. The normalized spacial score (nSPS) is 11.2. The number of ether oxygens (including phenoxy) is 1. The third kappa shape index (κ3) is 4.19. The van der Waals surface area contributed by atoms with Gasteiger partial charge in [0.05, 0.1) is 0 Å². The van der Waals surface area contributed by atoms with E-state index < -0.39 is 0 Å². The summed E-state index contributed by atoms with van der Waals surface area (Å²) < 4.78 is 5.78. The van der Waals surface area contributed by atoms with Crippen LogP contribution in [0.3, 0.4) is 0 Å². The lowest BCUT2D eigenvalue weighted by molar-refractivity contribution is 0.101. The molecule has 0 radical (unpaired) electrons.